The first kappa shape index (κ1) is 13.8. The van der Waals surface area contributed by atoms with Gasteiger partial charge in [-0.1, -0.05) is 18.2 Å². The van der Waals surface area contributed by atoms with Gasteiger partial charge in [-0.25, -0.2) is 0 Å². The molecule has 21 heavy (non-hydrogen) atoms. The zero-order chi connectivity index (χ0) is 14.8. The molecule has 2 atom stereocenters. The molecule has 2 unspecified atom stereocenters. The Morgan fingerprint density at radius 2 is 1.95 bits per heavy atom. The van der Waals surface area contributed by atoms with Gasteiger partial charge in [-0.15, -0.1) is 0 Å². The van der Waals surface area contributed by atoms with Crippen molar-refractivity contribution >= 4 is 0 Å². The lowest BCUT2D eigenvalue weighted by molar-refractivity contribution is 0.197. The van der Waals surface area contributed by atoms with Gasteiger partial charge in [0.25, 0.3) is 0 Å². The minimum atomic E-state index is -0.276. The molecule has 0 spiro atoms. The van der Waals surface area contributed by atoms with E-state index in [2.05, 4.69) is 6.07 Å². The molecule has 1 heterocycles. The standard InChI is InChI=1S/C17H19NO3/c1-19-12-7-8-15(20-2)13(10-12)17(18)16-9-11-5-3-4-6-14(11)21-16/h3-8,10,16-17H,9,18H2,1-2H3. The topological polar surface area (TPSA) is 53.7 Å². The number of benzene rings is 2. The smallest absolute Gasteiger partial charge is 0.124 e. The Kier molecular flexibility index (Phi) is 3.71. The monoisotopic (exact) mass is 285 g/mol. The second-order valence-electron chi connectivity index (χ2n) is 5.10. The molecule has 4 nitrogen and oxygen atoms in total. The number of hydrogen-bond acceptors (Lipinski definition) is 4. The third-order valence-electron chi connectivity index (χ3n) is 3.87. The summed E-state index contributed by atoms with van der Waals surface area (Å²) in [4.78, 5) is 0. The Morgan fingerprint density at radius 3 is 2.67 bits per heavy atom. The Hall–Kier alpha value is -2.20. The number of fused-ring (bicyclic) bond motifs is 1. The predicted molar refractivity (Wildman–Crippen MR) is 81.0 cm³/mol. The Morgan fingerprint density at radius 1 is 1.14 bits per heavy atom. The largest absolute Gasteiger partial charge is 0.497 e. The molecule has 110 valence electrons. The van der Waals surface area contributed by atoms with Crippen LogP contribution in [0.2, 0.25) is 0 Å². The van der Waals surface area contributed by atoms with Gasteiger partial charge in [-0.2, -0.15) is 0 Å². The van der Waals surface area contributed by atoms with Crippen LogP contribution in [0.4, 0.5) is 0 Å². The highest BCUT2D eigenvalue weighted by atomic mass is 16.5. The van der Waals surface area contributed by atoms with Crippen molar-refractivity contribution < 1.29 is 14.2 Å². The Labute approximate surface area is 124 Å². The first-order chi connectivity index (χ1) is 10.2. The zero-order valence-corrected chi connectivity index (χ0v) is 12.2. The maximum atomic E-state index is 6.42. The molecule has 1 aliphatic rings. The van der Waals surface area contributed by atoms with Crippen LogP contribution in [-0.4, -0.2) is 20.3 Å². The maximum absolute atomic E-state index is 6.42. The van der Waals surface area contributed by atoms with Crippen LogP contribution in [0.3, 0.4) is 0 Å². The highest BCUT2D eigenvalue weighted by Crippen LogP contribution is 2.36. The van der Waals surface area contributed by atoms with E-state index in [-0.39, 0.29) is 12.1 Å². The van der Waals surface area contributed by atoms with Crippen LogP contribution in [0.1, 0.15) is 17.2 Å². The lowest BCUT2D eigenvalue weighted by Gasteiger charge is -2.22. The molecule has 2 aromatic rings. The van der Waals surface area contributed by atoms with Gasteiger partial charge in [0.05, 0.1) is 20.3 Å². The molecule has 0 fully saturated rings. The average Bonchev–Trinajstić information content (AvgIpc) is 2.97. The van der Waals surface area contributed by atoms with Crippen molar-refractivity contribution in [2.45, 2.75) is 18.6 Å². The maximum Gasteiger partial charge on any atom is 0.124 e. The van der Waals surface area contributed by atoms with Crippen LogP contribution in [0.25, 0.3) is 0 Å². The molecule has 1 aliphatic heterocycles. The Bertz CT molecular complexity index is 617. The van der Waals surface area contributed by atoms with Gasteiger partial charge in [0.1, 0.15) is 23.4 Å². The van der Waals surface area contributed by atoms with Crippen molar-refractivity contribution in [1.29, 1.82) is 0 Å². The fourth-order valence-electron chi connectivity index (χ4n) is 2.71. The summed E-state index contributed by atoms with van der Waals surface area (Å²) in [6.07, 6.45) is 0.709. The molecule has 0 saturated heterocycles. The van der Waals surface area contributed by atoms with Crippen LogP contribution in [0.5, 0.6) is 17.2 Å². The summed E-state index contributed by atoms with van der Waals surface area (Å²) in [6.45, 7) is 0. The highest BCUT2D eigenvalue weighted by Gasteiger charge is 2.30. The molecule has 0 radical (unpaired) electrons. The SMILES string of the molecule is COc1ccc(OC)c(C(N)C2Cc3ccccc3O2)c1. The second kappa shape index (κ2) is 5.66. The van der Waals surface area contributed by atoms with Crippen molar-refractivity contribution in [3.8, 4) is 17.2 Å². The van der Waals surface area contributed by atoms with E-state index in [1.807, 2.05) is 36.4 Å². The van der Waals surface area contributed by atoms with Crippen molar-refractivity contribution in [2.24, 2.45) is 5.73 Å². The molecule has 3 rings (SSSR count). The van der Waals surface area contributed by atoms with Crippen LogP contribution < -0.4 is 19.9 Å². The summed E-state index contributed by atoms with van der Waals surface area (Å²) < 4.78 is 16.7. The highest BCUT2D eigenvalue weighted by molar-refractivity contribution is 5.44. The van der Waals surface area contributed by atoms with E-state index in [1.54, 1.807) is 14.2 Å². The molecule has 4 heteroatoms. The minimum absolute atomic E-state index is 0.0941. The van der Waals surface area contributed by atoms with Crippen LogP contribution in [0.15, 0.2) is 42.5 Å². The fraction of sp³-hybridized carbons (Fsp3) is 0.294. The lowest BCUT2D eigenvalue weighted by Crippen LogP contribution is -2.30. The van der Waals surface area contributed by atoms with Gasteiger partial charge in [0.2, 0.25) is 0 Å². The number of para-hydroxylation sites is 1. The van der Waals surface area contributed by atoms with Gasteiger partial charge in [0, 0.05) is 12.0 Å². The predicted octanol–water partition coefficient (Wildman–Crippen LogP) is 2.71. The van der Waals surface area contributed by atoms with E-state index in [0.29, 0.717) is 0 Å². The minimum Gasteiger partial charge on any atom is -0.497 e. The summed E-state index contributed by atoms with van der Waals surface area (Å²) in [5.74, 6) is 2.43. The zero-order valence-electron chi connectivity index (χ0n) is 12.2. The number of rotatable bonds is 4. The molecular formula is C17H19NO3. The summed E-state index contributed by atoms with van der Waals surface area (Å²) >= 11 is 0. The number of ether oxygens (including phenoxy) is 3. The van der Waals surface area contributed by atoms with E-state index in [9.17, 15) is 0 Å². The third kappa shape index (κ3) is 2.54. The van der Waals surface area contributed by atoms with Crippen molar-refractivity contribution in [1.82, 2.24) is 0 Å². The molecule has 0 aliphatic carbocycles. The Balaban J connectivity index is 1.88. The normalized spacial score (nSPS) is 17.8. The average molecular weight is 285 g/mol. The lowest BCUT2D eigenvalue weighted by atomic mass is 9.97. The van der Waals surface area contributed by atoms with E-state index in [0.717, 1.165) is 29.2 Å². The number of methoxy groups -OCH3 is 2. The van der Waals surface area contributed by atoms with Crippen LogP contribution in [-0.2, 0) is 6.42 Å². The van der Waals surface area contributed by atoms with Crippen molar-refractivity contribution in [3.05, 3.63) is 53.6 Å². The fourth-order valence-corrected chi connectivity index (χ4v) is 2.71. The summed E-state index contributed by atoms with van der Waals surface area (Å²) in [6, 6.07) is 13.4. The summed E-state index contributed by atoms with van der Waals surface area (Å²) in [5.41, 5.74) is 8.51. The van der Waals surface area contributed by atoms with Crippen molar-refractivity contribution in [3.63, 3.8) is 0 Å². The quantitative estimate of drug-likeness (QED) is 0.938. The summed E-state index contributed by atoms with van der Waals surface area (Å²) in [5, 5.41) is 0. The molecule has 0 saturated carbocycles. The van der Waals surface area contributed by atoms with Crippen LogP contribution in [0, 0.1) is 0 Å². The number of nitrogens with two attached hydrogens (primary N) is 1. The molecular weight excluding hydrogens is 266 g/mol. The van der Waals surface area contributed by atoms with E-state index in [4.69, 9.17) is 19.9 Å². The van der Waals surface area contributed by atoms with Gasteiger partial charge >= 0.3 is 0 Å². The van der Waals surface area contributed by atoms with Gasteiger partial charge in [-0.05, 0) is 29.8 Å². The van der Waals surface area contributed by atoms with Crippen molar-refractivity contribution in [2.75, 3.05) is 14.2 Å². The second-order valence-corrected chi connectivity index (χ2v) is 5.10. The van der Waals surface area contributed by atoms with Gasteiger partial charge < -0.3 is 19.9 Å². The van der Waals surface area contributed by atoms with E-state index in [1.165, 1.54) is 5.56 Å². The number of hydrogen-bond donors (Lipinski definition) is 1. The van der Waals surface area contributed by atoms with E-state index >= 15 is 0 Å². The van der Waals surface area contributed by atoms with Gasteiger partial charge in [0.15, 0.2) is 0 Å². The first-order valence-corrected chi connectivity index (χ1v) is 6.95. The molecule has 0 aromatic heterocycles. The van der Waals surface area contributed by atoms with Crippen LogP contribution >= 0.6 is 0 Å². The van der Waals surface area contributed by atoms with Gasteiger partial charge in [-0.3, -0.25) is 0 Å². The molecule has 0 amide bonds. The third-order valence-corrected chi connectivity index (χ3v) is 3.87. The molecule has 0 bridgehead atoms. The van der Waals surface area contributed by atoms with E-state index < -0.39 is 0 Å². The molecule has 2 N–H and O–H groups in total. The molecule has 2 aromatic carbocycles. The summed E-state index contributed by atoms with van der Waals surface area (Å²) in [7, 11) is 3.28. The first-order valence-electron chi connectivity index (χ1n) is 6.95.